The van der Waals surface area contributed by atoms with Crippen molar-refractivity contribution in [3.05, 3.63) is 120 Å². The molecule has 8 nitrogen and oxygen atoms in total. The largest absolute Gasteiger partial charge is 0.480 e. The minimum absolute atomic E-state index is 0.0626. The third kappa shape index (κ3) is 4.91. The van der Waals surface area contributed by atoms with Gasteiger partial charge in [-0.05, 0) is 47.5 Å². The molecule has 0 spiro atoms. The number of urea groups is 2. The van der Waals surface area contributed by atoms with Gasteiger partial charge in [-0.3, -0.25) is 9.80 Å². The Hall–Kier alpha value is -5.37. The number of anilines is 4. The molecule has 0 aliphatic carbocycles. The van der Waals surface area contributed by atoms with Gasteiger partial charge < -0.3 is 14.9 Å². The highest BCUT2D eigenvalue weighted by Gasteiger charge is 2.41. The van der Waals surface area contributed by atoms with Crippen LogP contribution in [0.4, 0.5) is 32.3 Å². The van der Waals surface area contributed by atoms with E-state index in [-0.39, 0.29) is 25.7 Å². The van der Waals surface area contributed by atoms with Crippen molar-refractivity contribution in [2.75, 3.05) is 29.4 Å². The summed E-state index contributed by atoms with van der Waals surface area (Å²) < 4.78 is 0. The molecule has 8 heteroatoms. The van der Waals surface area contributed by atoms with Gasteiger partial charge in [0.15, 0.2) is 0 Å². The van der Waals surface area contributed by atoms with E-state index in [4.69, 9.17) is 0 Å². The van der Waals surface area contributed by atoms with Crippen LogP contribution in [0.15, 0.2) is 109 Å². The maximum Gasteiger partial charge on any atom is 0.329 e. The fraction of sp³-hybridized carbons (Fsp3) is 0.121. The van der Waals surface area contributed by atoms with Gasteiger partial charge in [0, 0.05) is 13.1 Å². The van der Waals surface area contributed by atoms with E-state index in [1.807, 2.05) is 121 Å². The molecule has 0 bridgehead atoms. The first-order chi connectivity index (χ1) is 20.0. The van der Waals surface area contributed by atoms with E-state index in [2.05, 4.69) is 0 Å². The molecule has 41 heavy (non-hydrogen) atoms. The Kier molecular flexibility index (Phi) is 6.95. The molecule has 1 saturated heterocycles. The Morgan fingerprint density at radius 3 is 1.66 bits per heavy atom. The number of piperazine rings is 1. The fourth-order valence-corrected chi connectivity index (χ4v) is 5.37. The SMILES string of the molecule is O=C(O)C1CN(C(=O)N2c3ccccc3C=Cc3ccccc32)CCN1C(=O)N(c1ccccc1)c1ccccc1. The molecular weight excluding hydrogens is 516 g/mol. The van der Waals surface area contributed by atoms with Crippen molar-refractivity contribution >= 4 is 52.9 Å². The summed E-state index contributed by atoms with van der Waals surface area (Å²) in [6, 6.07) is 31.5. The van der Waals surface area contributed by atoms with Crippen molar-refractivity contribution in [3.8, 4) is 0 Å². The number of amides is 4. The van der Waals surface area contributed by atoms with E-state index in [1.165, 1.54) is 14.7 Å². The summed E-state index contributed by atoms with van der Waals surface area (Å²) in [4.78, 5) is 46.8. The van der Waals surface area contributed by atoms with Gasteiger partial charge in [0.2, 0.25) is 0 Å². The summed E-state index contributed by atoms with van der Waals surface area (Å²) in [6.45, 7) is 0.0959. The van der Waals surface area contributed by atoms with Crippen molar-refractivity contribution in [1.82, 2.24) is 9.80 Å². The molecule has 2 aliphatic heterocycles. The number of carbonyl (C=O) groups excluding carboxylic acids is 2. The third-order valence-electron chi connectivity index (χ3n) is 7.39. The molecule has 2 aliphatic rings. The number of aliphatic carboxylic acids is 1. The minimum atomic E-state index is -1.23. The van der Waals surface area contributed by atoms with Gasteiger partial charge in [0.1, 0.15) is 6.04 Å². The predicted octanol–water partition coefficient (Wildman–Crippen LogP) is 6.46. The Morgan fingerprint density at radius 1 is 0.659 bits per heavy atom. The zero-order valence-corrected chi connectivity index (χ0v) is 22.2. The number of benzene rings is 4. The van der Waals surface area contributed by atoms with Crippen molar-refractivity contribution in [2.45, 2.75) is 6.04 Å². The van der Waals surface area contributed by atoms with E-state index in [1.54, 1.807) is 4.90 Å². The number of fused-ring (bicyclic) bond motifs is 2. The number of nitrogens with zero attached hydrogens (tertiary/aromatic N) is 4. The monoisotopic (exact) mass is 544 g/mol. The summed E-state index contributed by atoms with van der Waals surface area (Å²) in [6.07, 6.45) is 3.94. The topological polar surface area (TPSA) is 84.4 Å². The summed E-state index contributed by atoms with van der Waals surface area (Å²) in [5.41, 5.74) is 4.42. The molecular formula is C33H28N4O4. The number of carbonyl (C=O) groups is 3. The zero-order valence-electron chi connectivity index (χ0n) is 22.2. The second kappa shape index (κ2) is 11.0. The first-order valence-corrected chi connectivity index (χ1v) is 13.4. The Bertz CT molecular complexity index is 1530. The molecule has 0 radical (unpaired) electrons. The Morgan fingerprint density at radius 2 is 1.15 bits per heavy atom. The number of hydrogen-bond donors (Lipinski definition) is 1. The number of rotatable bonds is 3. The molecule has 1 N–H and O–H groups in total. The van der Waals surface area contributed by atoms with Gasteiger partial charge >= 0.3 is 18.0 Å². The number of carboxylic acid groups (broad SMARTS) is 1. The van der Waals surface area contributed by atoms with Crippen molar-refractivity contribution in [2.24, 2.45) is 0 Å². The molecule has 4 aromatic carbocycles. The summed E-state index contributed by atoms with van der Waals surface area (Å²) >= 11 is 0. The molecule has 0 saturated carbocycles. The van der Waals surface area contributed by atoms with Crippen molar-refractivity contribution < 1.29 is 19.5 Å². The third-order valence-corrected chi connectivity index (χ3v) is 7.39. The molecule has 1 unspecified atom stereocenters. The van der Waals surface area contributed by atoms with Crippen molar-refractivity contribution in [3.63, 3.8) is 0 Å². The van der Waals surface area contributed by atoms with Gasteiger partial charge in [-0.2, -0.15) is 0 Å². The van der Waals surface area contributed by atoms with Gasteiger partial charge in [0.25, 0.3) is 0 Å². The van der Waals surface area contributed by atoms with Crippen LogP contribution in [0.1, 0.15) is 11.1 Å². The minimum Gasteiger partial charge on any atom is -0.480 e. The molecule has 1 fully saturated rings. The average Bonchev–Trinajstić information content (AvgIpc) is 3.18. The Labute approximate surface area is 238 Å². The van der Waals surface area contributed by atoms with Crippen LogP contribution in [-0.2, 0) is 4.79 Å². The van der Waals surface area contributed by atoms with Crippen LogP contribution >= 0.6 is 0 Å². The van der Waals surface area contributed by atoms with E-state index < -0.39 is 18.0 Å². The van der Waals surface area contributed by atoms with Crippen LogP contribution in [0, 0.1) is 0 Å². The molecule has 2 heterocycles. The summed E-state index contributed by atoms with van der Waals surface area (Å²) in [5, 5.41) is 10.3. The van der Waals surface area contributed by atoms with Gasteiger partial charge in [-0.15, -0.1) is 0 Å². The average molecular weight is 545 g/mol. The van der Waals surface area contributed by atoms with Crippen LogP contribution in [0.3, 0.4) is 0 Å². The van der Waals surface area contributed by atoms with Gasteiger partial charge in [-0.25, -0.2) is 14.4 Å². The van der Waals surface area contributed by atoms with Crippen LogP contribution in [0.2, 0.25) is 0 Å². The van der Waals surface area contributed by atoms with Crippen LogP contribution < -0.4 is 9.80 Å². The zero-order chi connectivity index (χ0) is 28.3. The summed E-state index contributed by atoms with van der Waals surface area (Å²) in [7, 11) is 0. The van der Waals surface area contributed by atoms with E-state index in [0.717, 1.165) is 11.1 Å². The second-order valence-corrected chi connectivity index (χ2v) is 9.85. The highest BCUT2D eigenvalue weighted by molar-refractivity contribution is 6.06. The molecule has 4 amide bonds. The Balaban J connectivity index is 1.32. The predicted molar refractivity (Wildman–Crippen MR) is 159 cm³/mol. The molecule has 0 aromatic heterocycles. The molecule has 4 aromatic rings. The number of hydrogen-bond acceptors (Lipinski definition) is 3. The van der Waals surface area contributed by atoms with Crippen LogP contribution in [0.5, 0.6) is 0 Å². The standard InChI is InChI=1S/C33H28N4O4/c38-31(39)30-23-34(32(40)37-28-17-9-7-11-24(28)19-20-25-12-8-10-18-29(25)37)21-22-35(30)33(41)36(26-13-3-1-4-14-26)27-15-5-2-6-16-27/h1-20,30H,21-23H2,(H,38,39). The number of para-hydroxylation sites is 4. The second-order valence-electron chi connectivity index (χ2n) is 9.85. The lowest BCUT2D eigenvalue weighted by molar-refractivity contribution is -0.143. The first kappa shape index (κ1) is 25.9. The highest BCUT2D eigenvalue weighted by Crippen LogP contribution is 2.37. The van der Waals surface area contributed by atoms with Crippen LogP contribution in [-0.4, -0.2) is 58.6 Å². The maximum atomic E-state index is 14.2. The molecule has 1 atom stereocenters. The summed E-state index contributed by atoms with van der Waals surface area (Å²) in [5.74, 6) is -1.17. The lowest BCUT2D eigenvalue weighted by atomic mass is 10.1. The fourth-order valence-electron chi connectivity index (χ4n) is 5.37. The van der Waals surface area contributed by atoms with E-state index in [9.17, 15) is 19.5 Å². The highest BCUT2D eigenvalue weighted by atomic mass is 16.4. The van der Waals surface area contributed by atoms with E-state index in [0.29, 0.717) is 22.7 Å². The van der Waals surface area contributed by atoms with Gasteiger partial charge in [-0.1, -0.05) is 84.9 Å². The quantitative estimate of drug-likeness (QED) is 0.321. The van der Waals surface area contributed by atoms with Crippen molar-refractivity contribution in [1.29, 1.82) is 0 Å². The van der Waals surface area contributed by atoms with Crippen LogP contribution in [0.25, 0.3) is 12.2 Å². The molecule has 204 valence electrons. The maximum absolute atomic E-state index is 14.2. The lowest BCUT2D eigenvalue weighted by Gasteiger charge is -2.42. The van der Waals surface area contributed by atoms with E-state index >= 15 is 0 Å². The molecule has 6 rings (SSSR count). The normalized spacial score (nSPS) is 15.9. The lowest BCUT2D eigenvalue weighted by Crippen LogP contribution is -2.62. The smallest absolute Gasteiger partial charge is 0.329 e. The number of carboxylic acids is 1. The first-order valence-electron chi connectivity index (χ1n) is 13.4. The van der Waals surface area contributed by atoms with Gasteiger partial charge in [0.05, 0.1) is 29.3 Å².